The zero-order chi connectivity index (χ0) is 16.0. The monoisotopic (exact) mass is 316 g/mol. The van der Waals surface area contributed by atoms with Crippen molar-refractivity contribution in [2.45, 2.75) is 25.3 Å². The van der Waals surface area contributed by atoms with E-state index in [0.29, 0.717) is 35.3 Å². The number of carbonyl (C=O) groups is 2. The van der Waals surface area contributed by atoms with Crippen LogP contribution in [0.15, 0.2) is 18.2 Å². The number of fused-ring (bicyclic) bond motifs is 2. The third-order valence-electron chi connectivity index (χ3n) is 5.31. The van der Waals surface area contributed by atoms with Crippen molar-refractivity contribution in [1.29, 1.82) is 0 Å². The third kappa shape index (κ3) is 2.52. The van der Waals surface area contributed by atoms with E-state index in [4.69, 9.17) is 9.47 Å². The number of rotatable bonds is 2. The number of carbonyl (C=O) groups excluding carboxylic acids is 2. The maximum Gasteiger partial charge on any atom is 0.253 e. The molecular weight excluding hydrogens is 296 g/mol. The summed E-state index contributed by atoms with van der Waals surface area (Å²) < 4.78 is 10.6. The van der Waals surface area contributed by atoms with Gasteiger partial charge in [-0.1, -0.05) is 0 Å². The zero-order valence-corrected chi connectivity index (χ0v) is 13.1. The number of benzene rings is 1. The first kappa shape index (κ1) is 14.4. The minimum absolute atomic E-state index is 0.00812. The first-order valence-corrected chi connectivity index (χ1v) is 8.05. The summed E-state index contributed by atoms with van der Waals surface area (Å²) in [6, 6.07) is 5.49. The summed E-state index contributed by atoms with van der Waals surface area (Å²) in [6.07, 6.45) is 2.45. The maximum atomic E-state index is 12.7. The Morgan fingerprint density at radius 1 is 1.22 bits per heavy atom. The zero-order valence-electron chi connectivity index (χ0n) is 13.1. The van der Waals surface area contributed by atoms with Crippen molar-refractivity contribution >= 4 is 11.8 Å². The molecule has 3 atom stereocenters. The number of amides is 2. The highest BCUT2D eigenvalue weighted by atomic mass is 16.7. The molecule has 1 saturated heterocycles. The molecule has 0 spiro atoms. The van der Waals surface area contributed by atoms with E-state index in [9.17, 15) is 9.59 Å². The van der Waals surface area contributed by atoms with Gasteiger partial charge in [0.05, 0.1) is 0 Å². The van der Waals surface area contributed by atoms with Crippen LogP contribution in [0.25, 0.3) is 0 Å². The average molecular weight is 316 g/mol. The van der Waals surface area contributed by atoms with Crippen molar-refractivity contribution in [2.75, 3.05) is 20.4 Å². The summed E-state index contributed by atoms with van der Waals surface area (Å²) >= 11 is 0. The molecule has 0 radical (unpaired) electrons. The van der Waals surface area contributed by atoms with Crippen molar-refractivity contribution < 1.29 is 19.1 Å². The Kier molecular flexibility index (Phi) is 3.39. The molecule has 0 unspecified atom stereocenters. The van der Waals surface area contributed by atoms with Gasteiger partial charge in [0.1, 0.15) is 0 Å². The van der Waals surface area contributed by atoms with Crippen LogP contribution in [0.2, 0.25) is 0 Å². The highest BCUT2D eigenvalue weighted by Gasteiger charge is 2.40. The largest absolute Gasteiger partial charge is 0.454 e. The van der Waals surface area contributed by atoms with Crippen LogP contribution in [0.4, 0.5) is 0 Å². The lowest BCUT2D eigenvalue weighted by atomic mass is 9.89. The Morgan fingerprint density at radius 3 is 2.87 bits per heavy atom. The van der Waals surface area contributed by atoms with Crippen LogP contribution in [0, 0.1) is 11.8 Å². The molecule has 2 aliphatic heterocycles. The number of ether oxygens (including phenoxy) is 2. The molecule has 2 amide bonds. The van der Waals surface area contributed by atoms with Gasteiger partial charge in [-0.2, -0.15) is 0 Å². The van der Waals surface area contributed by atoms with Crippen LogP contribution < -0.4 is 14.8 Å². The molecule has 2 fully saturated rings. The van der Waals surface area contributed by atoms with Crippen molar-refractivity contribution in [3.63, 3.8) is 0 Å². The van der Waals surface area contributed by atoms with Gasteiger partial charge in [-0.15, -0.1) is 0 Å². The van der Waals surface area contributed by atoms with Gasteiger partial charge in [0, 0.05) is 31.6 Å². The average Bonchev–Trinajstić information content (AvgIpc) is 3.18. The number of nitrogens with zero attached hydrogens (tertiary/aromatic N) is 1. The first-order valence-electron chi connectivity index (χ1n) is 8.05. The Hall–Kier alpha value is -2.24. The van der Waals surface area contributed by atoms with E-state index < -0.39 is 0 Å². The number of nitrogens with one attached hydrogen (secondary N) is 1. The summed E-state index contributed by atoms with van der Waals surface area (Å²) in [5, 5.41) is 2.93. The molecule has 122 valence electrons. The molecule has 1 aromatic carbocycles. The molecule has 6 heteroatoms. The second-order valence-electron chi connectivity index (χ2n) is 6.64. The van der Waals surface area contributed by atoms with E-state index in [0.717, 1.165) is 19.4 Å². The molecule has 3 aliphatic rings. The lowest BCUT2D eigenvalue weighted by molar-refractivity contribution is -0.124. The van der Waals surface area contributed by atoms with Gasteiger partial charge in [-0.05, 0) is 42.9 Å². The van der Waals surface area contributed by atoms with Gasteiger partial charge in [-0.3, -0.25) is 9.59 Å². The molecular formula is C17H20N2O4. The van der Waals surface area contributed by atoms with Crippen molar-refractivity contribution in [3.05, 3.63) is 23.8 Å². The fraction of sp³-hybridized carbons (Fsp3) is 0.529. The standard InChI is InChI=1S/C17H20N2O4/c1-19(13-4-11-7-16(20)18-8-12(11)5-13)17(21)10-2-3-14-15(6-10)23-9-22-14/h2-3,6,11-13H,4-5,7-9H2,1H3,(H,18,20)/t11-,12+,13-/m0/s1. The highest BCUT2D eigenvalue weighted by molar-refractivity contribution is 5.95. The van der Waals surface area contributed by atoms with Crippen LogP contribution in [0.1, 0.15) is 29.6 Å². The predicted molar refractivity (Wildman–Crippen MR) is 82.3 cm³/mol. The van der Waals surface area contributed by atoms with E-state index in [-0.39, 0.29) is 24.6 Å². The predicted octanol–water partition coefficient (Wildman–Crippen LogP) is 1.40. The van der Waals surface area contributed by atoms with E-state index in [1.165, 1.54) is 0 Å². The fourth-order valence-corrected chi connectivity index (χ4v) is 3.95. The molecule has 4 rings (SSSR count). The van der Waals surface area contributed by atoms with Gasteiger partial charge in [-0.25, -0.2) is 0 Å². The Bertz CT molecular complexity index is 660. The molecule has 6 nitrogen and oxygen atoms in total. The van der Waals surface area contributed by atoms with Gasteiger partial charge in [0.2, 0.25) is 12.7 Å². The van der Waals surface area contributed by atoms with Gasteiger partial charge in [0.25, 0.3) is 5.91 Å². The summed E-state index contributed by atoms with van der Waals surface area (Å²) in [7, 11) is 1.85. The smallest absolute Gasteiger partial charge is 0.253 e. The van der Waals surface area contributed by atoms with Crippen LogP contribution in [-0.4, -0.2) is 43.1 Å². The Morgan fingerprint density at radius 2 is 2.00 bits per heavy atom. The lowest BCUT2D eigenvalue weighted by Crippen LogP contribution is -2.38. The highest BCUT2D eigenvalue weighted by Crippen LogP contribution is 2.39. The minimum Gasteiger partial charge on any atom is -0.454 e. The number of piperidine rings is 1. The normalized spacial score (nSPS) is 28.2. The quantitative estimate of drug-likeness (QED) is 0.895. The second-order valence-corrected chi connectivity index (χ2v) is 6.64. The molecule has 1 N–H and O–H groups in total. The fourth-order valence-electron chi connectivity index (χ4n) is 3.95. The first-order chi connectivity index (χ1) is 11.1. The number of hydrogen-bond donors (Lipinski definition) is 1. The van der Waals surface area contributed by atoms with Crippen molar-refractivity contribution in [2.24, 2.45) is 11.8 Å². The van der Waals surface area contributed by atoms with E-state index in [1.807, 2.05) is 11.9 Å². The summed E-state index contributed by atoms with van der Waals surface area (Å²) in [5.41, 5.74) is 0.612. The van der Waals surface area contributed by atoms with E-state index in [2.05, 4.69) is 5.32 Å². The van der Waals surface area contributed by atoms with Crippen molar-refractivity contribution in [3.8, 4) is 11.5 Å². The lowest BCUT2D eigenvalue weighted by Gasteiger charge is -2.25. The topological polar surface area (TPSA) is 67.9 Å². The summed E-state index contributed by atoms with van der Waals surface area (Å²) in [6.45, 7) is 0.946. The summed E-state index contributed by atoms with van der Waals surface area (Å²) in [5.74, 6) is 2.33. The number of hydrogen-bond acceptors (Lipinski definition) is 4. The second kappa shape index (κ2) is 5.44. The molecule has 0 aromatic heterocycles. The molecule has 2 heterocycles. The summed E-state index contributed by atoms with van der Waals surface area (Å²) in [4.78, 5) is 26.1. The van der Waals surface area contributed by atoms with Gasteiger partial charge in [0.15, 0.2) is 11.5 Å². The van der Waals surface area contributed by atoms with Crippen LogP contribution in [0.3, 0.4) is 0 Å². The molecule has 1 aliphatic carbocycles. The Balaban J connectivity index is 1.47. The molecule has 23 heavy (non-hydrogen) atoms. The Labute approximate surface area is 134 Å². The molecule has 1 saturated carbocycles. The molecule has 0 bridgehead atoms. The van der Waals surface area contributed by atoms with E-state index in [1.54, 1.807) is 18.2 Å². The molecule has 1 aromatic rings. The maximum absolute atomic E-state index is 12.7. The van der Waals surface area contributed by atoms with Crippen LogP contribution in [-0.2, 0) is 4.79 Å². The third-order valence-corrected chi connectivity index (χ3v) is 5.31. The van der Waals surface area contributed by atoms with Crippen molar-refractivity contribution in [1.82, 2.24) is 10.2 Å². The van der Waals surface area contributed by atoms with E-state index >= 15 is 0 Å². The minimum atomic E-state index is -0.00812. The van der Waals surface area contributed by atoms with Gasteiger partial charge < -0.3 is 19.7 Å². The SMILES string of the molecule is CN(C(=O)c1ccc2c(c1)OCO2)[C@H]1C[C@H]2CC(=O)NC[C@H]2C1. The van der Waals surface area contributed by atoms with Crippen LogP contribution >= 0.6 is 0 Å². The van der Waals surface area contributed by atoms with Crippen LogP contribution in [0.5, 0.6) is 11.5 Å². The van der Waals surface area contributed by atoms with Gasteiger partial charge >= 0.3 is 0 Å².